The van der Waals surface area contributed by atoms with Crippen LogP contribution in [-0.2, 0) is 11.2 Å². The first-order valence-electron chi connectivity index (χ1n) is 7.85. The first-order chi connectivity index (χ1) is 12.8. The fourth-order valence-corrected chi connectivity index (χ4v) is 2.83. The van der Waals surface area contributed by atoms with Crippen LogP contribution in [0.2, 0.25) is 0 Å². The van der Waals surface area contributed by atoms with Crippen molar-refractivity contribution >= 4 is 16.8 Å². The number of hydrogen-bond donors (Lipinski definition) is 1. The number of nitrogens with two attached hydrogens (primary N) is 1. The summed E-state index contributed by atoms with van der Waals surface area (Å²) in [6.45, 7) is 1.62. The van der Waals surface area contributed by atoms with Gasteiger partial charge in [-0.1, -0.05) is 0 Å². The molecule has 27 heavy (non-hydrogen) atoms. The molecule has 9 heteroatoms. The second-order valence-corrected chi connectivity index (χ2v) is 5.93. The van der Waals surface area contributed by atoms with Crippen LogP contribution in [0, 0.1) is 23.0 Å². The summed E-state index contributed by atoms with van der Waals surface area (Å²) in [5.41, 5.74) is 5.22. The molecule has 0 radical (unpaired) electrons. The van der Waals surface area contributed by atoms with Gasteiger partial charge in [0, 0.05) is 17.0 Å². The molecule has 3 rings (SSSR count). The molecule has 2 heterocycles. The fourth-order valence-electron chi connectivity index (χ4n) is 2.83. The predicted molar refractivity (Wildman–Crippen MR) is 91.6 cm³/mol. The molecule has 0 aliphatic heterocycles. The van der Waals surface area contributed by atoms with Gasteiger partial charge in [0.05, 0.1) is 36.1 Å². The Kier molecular flexibility index (Phi) is 4.64. The number of benzene rings is 1. The van der Waals surface area contributed by atoms with E-state index in [0.29, 0.717) is 5.69 Å². The third-order valence-electron chi connectivity index (χ3n) is 4.12. The number of pyridine rings is 1. The van der Waals surface area contributed by atoms with Crippen molar-refractivity contribution in [3.8, 4) is 6.07 Å². The first kappa shape index (κ1) is 18.1. The number of aromatic nitrogens is 3. The van der Waals surface area contributed by atoms with E-state index in [0.717, 1.165) is 12.1 Å². The zero-order chi connectivity index (χ0) is 19.7. The number of rotatable bonds is 4. The largest absolute Gasteiger partial charge is 0.369 e. The maximum atomic E-state index is 13.8. The van der Waals surface area contributed by atoms with Crippen LogP contribution in [0.15, 0.2) is 35.4 Å². The minimum Gasteiger partial charge on any atom is -0.369 e. The average molecular weight is 369 g/mol. The molecular weight excluding hydrogens is 356 g/mol. The number of primary amides is 1. The molecule has 0 saturated heterocycles. The zero-order valence-corrected chi connectivity index (χ0v) is 14.1. The van der Waals surface area contributed by atoms with Crippen LogP contribution in [0.3, 0.4) is 0 Å². The molecule has 3 aromatic rings. The Hall–Kier alpha value is -3.67. The Morgan fingerprint density at radius 2 is 1.96 bits per heavy atom. The number of fused-ring (bicyclic) bond motifs is 1. The number of carbonyl (C=O) groups excluding carboxylic acids is 1. The maximum Gasteiger partial charge on any atom is 0.255 e. The Bertz CT molecular complexity index is 1150. The van der Waals surface area contributed by atoms with Crippen molar-refractivity contribution in [2.24, 2.45) is 5.73 Å². The van der Waals surface area contributed by atoms with Gasteiger partial charge in [0.15, 0.2) is 17.3 Å². The van der Waals surface area contributed by atoms with Crippen molar-refractivity contribution in [2.45, 2.75) is 19.4 Å². The molecule has 2 aromatic heterocycles. The van der Waals surface area contributed by atoms with Gasteiger partial charge in [0.1, 0.15) is 6.07 Å². The highest BCUT2D eigenvalue weighted by Crippen LogP contribution is 2.23. The highest BCUT2D eigenvalue weighted by atomic mass is 19.2. The SMILES string of the molecule is CC(c1cnc(C#N)cn1)n1c(=O)c(CC(N)=O)cc2cc(F)c(F)cc21. The van der Waals surface area contributed by atoms with Gasteiger partial charge in [-0.15, -0.1) is 0 Å². The molecule has 0 aliphatic rings. The molecule has 1 atom stereocenters. The molecule has 1 unspecified atom stereocenters. The van der Waals surface area contributed by atoms with E-state index in [4.69, 9.17) is 11.0 Å². The number of hydrogen-bond acceptors (Lipinski definition) is 5. The summed E-state index contributed by atoms with van der Waals surface area (Å²) >= 11 is 0. The number of halogens is 2. The van der Waals surface area contributed by atoms with Gasteiger partial charge in [0.25, 0.3) is 5.56 Å². The van der Waals surface area contributed by atoms with Crippen molar-refractivity contribution in [3.05, 3.63) is 69.5 Å². The summed E-state index contributed by atoms with van der Waals surface area (Å²) < 4.78 is 28.7. The van der Waals surface area contributed by atoms with Gasteiger partial charge in [-0.3, -0.25) is 19.1 Å². The van der Waals surface area contributed by atoms with Gasteiger partial charge in [-0.25, -0.2) is 13.8 Å². The van der Waals surface area contributed by atoms with E-state index in [-0.39, 0.29) is 28.6 Å². The molecule has 136 valence electrons. The molecule has 0 spiro atoms. The quantitative estimate of drug-likeness (QED) is 0.750. The highest BCUT2D eigenvalue weighted by molar-refractivity contribution is 5.82. The molecule has 0 fully saturated rings. The van der Waals surface area contributed by atoms with Crippen LogP contribution >= 0.6 is 0 Å². The Morgan fingerprint density at radius 1 is 1.26 bits per heavy atom. The summed E-state index contributed by atoms with van der Waals surface area (Å²) in [4.78, 5) is 32.2. The molecule has 1 amide bonds. The Balaban J connectivity index is 2.29. The molecule has 7 nitrogen and oxygen atoms in total. The van der Waals surface area contributed by atoms with E-state index >= 15 is 0 Å². The van der Waals surface area contributed by atoms with E-state index in [1.165, 1.54) is 23.0 Å². The highest BCUT2D eigenvalue weighted by Gasteiger charge is 2.20. The lowest BCUT2D eigenvalue weighted by molar-refractivity contribution is -0.117. The molecule has 0 bridgehead atoms. The number of amides is 1. The van der Waals surface area contributed by atoms with Crippen molar-refractivity contribution in [3.63, 3.8) is 0 Å². The molecule has 1 aromatic carbocycles. The minimum atomic E-state index is -1.11. The molecule has 0 aliphatic carbocycles. The average Bonchev–Trinajstić information content (AvgIpc) is 2.63. The smallest absolute Gasteiger partial charge is 0.255 e. The van der Waals surface area contributed by atoms with Crippen LogP contribution in [-0.4, -0.2) is 20.4 Å². The summed E-state index contributed by atoms with van der Waals surface area (Å²) in [6.07, 6.45) is 2.22. The summed E-state index contributed by atoms with van der Waals surface area (Å²) in [6, 6.07) is 4.28. The van der Waals surface area contributed by atoms with Gasteiger partial charge in [0.2, 0.25) is 5.91 Å². The van der Waals surface area contributed by atoms with Gasteiger partial charge in [-0.2, -0.15) is 5.26 Å². The lowest BCUT2D eigenvalue weighted by atomic mass is 10.1. The third-order valence-corrected chi connectivity index (χ3v) is 4.12. The lowest BCUT2D eigenvalue weighted by Gasteiger charge is -2.19. The standard InChI is InChI=1S/C18H13F2N5O2/c1-9(15-8-23-12(6-21)7-24-15)25-16-5-14(20)13(19)3-10(16)2-11(18(25)27)4-17(22)26/h2-3,5,7-9H,4H2,1H3,(H2,22,26). The number of nitriles is 1. The zero-order valence-electron chi connectivity index (χ0n) is 14.1. The van der Waals surface area contributed by atoms with Crippen molar-refractivity contribution in [1.29, 1.82) is 5.26 Å². The summed E-state index contributed by atoms with van der Waals surface area (Å²) in [5.74, 6) is -2.92. The minimum absolute atomic E-state index is 0.0504. The normalized spacial score (nSPS) is 11.9. The second-order valence-electron chi connectivity index (χ2n) is 5.93. The van der Waals surface area contributed by atoms with Crippen LogP contribution in [0.25, 0.3) is 10.9 Å². The van der Waals surface area contributed by atoms with Crippen molar-refractivity contribution in [1.82, 2.24) is 14.5 Å². The first-order valence-corrected chi connectivity index (χ1v) is 7.85. The summed E-state index contributed by atoms with van der Waals surface area (Å²) in [5, 5.41) is 9.05. The number of nitrogens with zero attached hydrogens (tertiary/aromatic N) is 4. The van der Waals surface area contributed by atoms with E-state index in [9.17, 15) is 18.4 Å². The van der Waals surface area contributed by atoms with Gasteiger partial charge >= 0.3 is 0 Å². The van der Waals surface area contributed by atoms with Crippen molar-refractivity contribution < 1.29 is 13.6 Å². The maximum absolute atomic E-state index is 13.8. The monoisotopic (exact) mass is 369 g/mol. The fraction of sp³-hybridized carbons (Fsp3) is 0.167. The third kappa shape index (κ3) is 3.37. The van der Waals surface area contributed by atoms with E-state index in [1.54, 1.807) is 6.92 Å². The van der Waals surface area contributed by atoms with Crippen LogP contribution in [0.1, 0.15) is 29.9 Å². The molecule has 2 N–H and O–H groups in total. The van der Waals surface area contributed by atoms with E-state index < -0.39 is 29.1 Å². The van der Waals surface area contributed by atoms with Crippen LogP contribution in [0.4, 0.5) is 8.78 Å². The lowest BCUT2D eigenvalue weighted by Crippen LogP contribution is -2.30. The van der Waals surface area contributed by atoms with Crippen LogP contribution < -0.4 is 11.3 Å². The summed E-state index contributed by atoms with van der Waals surface area (Å²) in [7, 11) is 0. The van der Waals surface area contributed by atoms with Gasteiger partial charge in [-0.05, 0) is 19.1 Å². The topological polar surface area (TPSA) is 115 Å². The van der Waals surface area contributed by atoms with E-state index in [1.807, 2.05) is 6.07 Å². The van der Waals surface area contributed by atoms with Crippen LogP contribution in [0.5, 0.6) is 0 Å². The Morgan fingerprint density at radius 3 is 2.56 bits per heavy atom. The van der Waals surface area contributed by atoms with E-state index in [2.05, 4.69) is 9.97 Å². The molecule has 0 saturated carbocycles. The van der Waals surface area contributed by atoms with Gasteiger partial charge < -0.3 is 5.73 Å². The molecular formula is C18H13F2N5O2. The van der Waals surface area contributed by atoms with Crippen molar-refractivity contribution in [2.75, 3.05) is 0 Å². The second kappa shape index (κ2) is 6.92. The number of carbonyl (C=O) groups is 1. The predicted octanol–water partition coefficient (Wildman–Crippen LogP) is 1.58. The Labute approximate surface area is 151 Å².